The van der Waals surface area contributed by atoms with E-state index in [0.29, 0.717) is 11.4 Å². The first-order valence-electron chi connectivity index (χ1n) is 6.97. The summed E-state index contributed by atoms with van der Waals surface area (Å²) in [5.41, 5.74) is 0.335. The number of aromatic nitrogens is 4. The van der Waals surface area contributed by atoms with Gasteiger partial charge < -0.3 is 9.47 Å². The van der Waals surface area contributed by atoms with Crippen LogP contribution >= 0.6 is 0 Å². The molecule has 1 unspecified atom stereocenters. The minimum atomic E-state index is -3.66. The highest BCUT2D eigenvalue weighted by Gasteiger charge is 2.35. The maximum absolute atomic E-state index is 12.2. The summed E-state index contributed by atoms with van der Waals surface area (Å²) in [5.74, 6) is -0.452. The van der Waals surface area contributed by atoms with Crippen LogP contribution in [0.4, 0.5) is 5.95 Å². The van der Waals surface area contributed by atoms with E-state index >= 15 is 0 Å². The van der Waals surface area contributed by atoms with Crippen molar-refractivity contribution in [2.75, 3.05) is 31.4 Å². The second kappa shape index (κ2) is 5.87. The molecule has 0 radical (unpaired) electrons. The molecule has 1 aliphatic rings. The van der Waals surface area contributed by atoms with Gasteiger partial charge >= 0.3 is 6.01 Å². The fraction of sp³-hybridized carbons (Fsp3) is 0.500. The van der Waals surface area contributed by atoms with Crippen LogP contribution in [0.2, 0.25) is 0 Å². The van der Waals surface area contributed by atoms with E-state index in [4.69, 9.17) is 14.6 Å². The molecule has 0 aromatic carbocycles. The molecule has 2 aromatic rings. The summed E-state index contributed by atoms with van der Waals surface area (Å²) in [5, 5.41) is 9.27. The van der Waals surface area contributed by atoms with Gasteiger partial charge in [0.1, 0.15) is 0 Å². The topological polar surface area (TPSA) is 142 Å². The van der Waals surface area contributed by atoms with E-state index in [2.05, 4.69) is 15.1 Å². The minimum absolute atomic E-state index is 0.0680. The molecule has 24 heavy (non-hydrogen) atoms. The van der Waals surface area contributed by atoms with Gasteiger partial charge in [-0.15, -0.1) is 5.10 Å². The van der Waals surface area contributed by atoms with Gasteiger partial charge in [0.25, 0.3) is 5.95 Å². The van der Waals surface area contributed by atoms with Crippen molar-refractivity contribution in [1.29, 1.82) is 0 Å². The van der Waals surface area contributed by atoms with Crippen LogP contribution < -0.4 is 19.5 Å². The highest BCUT2D eigenvalue weighted by molar-refractivity contribution is 7.89. The number of sulfonamides is 1. The number of hydrogen-bond donors (Lipinski definition) is 1. The quantitative estimate of drug-likeness (QED) is 0.702. The predicted molar refractivity (Wildman–Crippen MR) is 82.3 cm³/mol. The molecule has 12 heteroatoms. The van der Waals surface area contributed by atoms with Gasteiger partial charge in [-0.05, 0) is 0 Å². The molecular formula is C12H16N6O5S. The van der Waals surface area contributed by atoms with E-state index in [1.165, 1.54) is 29.8 Å². The number of primary sulfonamides is 1. The second-order valence-corrected chi connectivity index (χ2v) is 7.02. The lowest BCUT2D eigenvalue weighted by Gasteiger charge is -2.11. The molecule has 130 valence electrons. The van der Waals surface area contributed by atoms with E-state index in [1.807, 2.05) is 0 Å². The van der Waals surface area contributed by atoms with E-state index in [9.17, 15) is 13.2 Å². The Labute approximate surface area is 137 Å². The molecule has 11 nitrogen and oxygen atoms in total. The number of carbonyl (C=O) groups excluding carboxylic acids is 1. The third kappa shape index (κ3) is 2.97. The molecule has 0 aliphatic carbocycles. The SMILES string of the molecule is COc1cnc(OC)n2nc(N3CC(CS(N)(=O)=O)CC3=O)nc12. The van der Waals surface area contributed by atoms with E-state index < -0.39 is 15.9 Å². The lowest BCUT2D eigenvalue weighted by Crippen LogP contribution is -2.28. The van der Waals surface area contributed by atoms with Crippen molar-refractivity contribution < 1.29 is 22.7 Å². The van der Waals surface area contributed by atoms with Gasteiger partial charge in [0.05, 0.1) is 26.2 Å². The molecule has 1 amide bonds. The first-order chi connectivity index (χ1) is 11.3. The number of carbonyl (C=O) groups is 1. The van der Waals surface area contributed by atoms with Crippen LogP contribution in [-0.2, 0) is 14.8 Å². The average Bonchev–Trinajstić information content (AvgIpc) is 3.08. The van der Waals surface area contributed by atoms with Gasteiger partial charge in [-0.3, -0.25) is 9.69 Å². The third-order valence-corrected chi connectivity index (χ3v) is 4.54. The predicted octanol–water partition coefficient (Wildman–Crippen LogP) is -1.22. The van der Waals surface area contributed by atoms with Gasteiger partial charge in [0.15, 0.2) is 5.75 Å². The monoisotopic (exact) mass is 356 g/mol. The number of ether oxygens (including phenoxy) is 2. The number of rotatable bonds is 5. The van der Waals surface area contributed by atoms with Crippen molar-refractivity contribution in [3.63, 3.8) is 0 Å². The minimum Gasteiger partial charge on any atom is -0.491 e. The van der Waals surface area contributed by atoms with Crippen LogP contribution in [0.1, 0.15) is 6.42 Å². The summed E-state index contributed by atoms with van der Waals surface area (Å²) in [4.78, 5) is 21.8. The van der Waals surface area contributed by atoms with Gasteiger partial charge in [0.2, 0.25) is 21.6 Å². The number of nitrogens with zero attached hydrogens (tertiary/aromatic N) is 5. The molecule has 1 fully saturated rings. The summed E-state index contributed by atoms with van der Waals surface area (Å²) < 4.78 is 34.0. The van der Waals surface area contributed by atoms with Crippen molar-refractivity contribution in [1.82, 2.24) is 19.6 Å². The molecule has 2 N–H and O–H groups in total. The second-order valence-electron chi connectivity index (χ2n) is 5.36. The van der Waals surface area contributed by atoms with Crippen molar-refractivity contribution in [3.05, 3.63) is 6.20 Å². The van der Waals surface area contributed by atoms with Crippen molar-refractivity contribution >= 4 is 27.5 Å². The van der Waals surface area contributed by atoms with Crippen LogP contribution in [0.15, 0.2) is 6.20 Å². The maximum atomic E-state index is 12.2. The van der Waals surface area contributed by atoms with Gasteiger partial charge in [-0.25, -0.2) is 13.6 Å². The molecule has 1 aliphatic heterocycles. The summed E-state index contributed by atoms with van der Waals surface area (Å²) in [6.07, 6.45) is 1.50. The Bertz CT molecular complexity index is 854. The molecule has 3 heterocycles. The number of fused-ring (bicyclic) bond motifs is 1. The average molecular weight is 356 g/mol. The number of hydrogen-bond acceptors (Lipinski definition) is 8. The molecule has 0 bridgehead atoms. The Morgan fingerprint density at radius 1 is 1.38 bits per heavy atom. The Morgan fingerprint density at radius 3 is 2.75 bits per heavy atom. The van der Waals surface area contributed by atoms with Gasteiger partial charge in [-0.2, -0.15) is 14.5 Å². The number of amides is 1. The summed E-state index contributed by atoms with van der Waals surface area (Å²) in [6.45, 7) is 0.171. The summed E-state index contributed by atoms with van der Waals surface area (Å²) >= 11 is 0. The van der Waals surface area contributed by atoms with E-state index in [0.717, 1.165) is 0 Å². The van der Waals surface area contributed by atoms with Crippen LogP contribution in [0, 0.1) is 5.92 Å². The zero-order chi connectivity index (χ0) is 17.5. The zero-order valence-electron chi connectivity index (χ0n) is 13.0. The first kappa shape index (κ1) is 16.4. The Kier molecular flexibility index (Phi) is 4.01. The number of nitrogens with two attached hydrogens (primary N) is 1. The molecule has 3 rings (SSSR count). The van der Waals surface area contributed by atoms with Crippen LogP contribution in [0.25, 0.3) is 5.65 Å². The molecular weight excluding hydrogens is 340 g/mol. The molecule has 0 spiro atoms. The lowest BCUT2D eigenvalue weighted by molar-refractivity contribution is -0.117. The number of methoxy groups -OCH3 is 2. The largest absolute Gasteiger partial charge is 0.491 e. The van der Waals surface area contributed by atoms with Gasteiger partial charge in [-0.1, -0.05) is 0 Å². The highest BCUT2D eigenvalue weighted by atomic mass is 32.2. The Morgan fingerprint density at radius 2 is 2.12 bits per heavy atom. The Balaban J connectivity index is 1.96. The zero-order valence-corrected chi connectivity index (χ0v) is 13.9. The molecule has 0 saturated carbocycles. The van der Waals surface area contributed by atoms with Gasteiger partial charge in [0, 0.05) is 18.9 Å². The lowest BCUT2D eigenvalue weighted by atomic mass is 10.1. The van der Waals surface area contributed by atoms with Crippen molar-refractivity contribution in [2.24, 2.45) is 11.1 Å². The standard InChI is InChI=1S/C12H16N6O5S/c1-22-8-4-14-12(23-2)18-10(8)15-11(16-18)17-5-7(3-9(17)19)6-24(13,20)21/h4,7H,3,5-6H2,1-2H3,(H2,13,20,21). The van der Waals surface area contributed by atoms with E-state index in [-0.39, 0.29) is 36.6 Å². The third-order valence-electron chi connectivity index (χ3n) is 3.61. The molecule has 2 aromatic heterocycles. The smallest absolute Gasteiger partial charge is 0.319 e. The Hall–Kier alpha value is -2.47. The fourth-order valence-corrected chi connectivity index (χ4v) is 3.51. The number of anilines is 1. The summed E-state index contributed by atoms with van der Waals surface area (Å²) in [6, 6.07) is 0.178. The first-order valence-corrected chi connectivity index (χ1v) is 8.68. The fourth-order valence-electron chi connectivity index (χ4n) is 2.63. The van der Waals surface area contributed by atoms with Crippen molar-refractivity contribution in [3.8, 4) is 11.8 Å². The highest BCUT2D eigenvalue weighted by Crippen LogP contribution is 2.27. The molecule has 1 saturated heterocycles. The molecule has 1 atom stereocenters. The van der Waals surface area contributed by atoms with E-state index in [1.54, 1.807) is 0 Å². The van der Waals surface area contributed by atoms with Crippen LogP contribution in [0.5, 0.6) is 11.8 Å². The normalized spacial score (nSPS) is 18.4. The van der Waals surface area contributed by atoms with Crippen LogP contribution in [0.3, 0.4) is 0 Å². The van der Waals surface area contributed by atoms with Crippen LogP contribution in [-0.4, -0.2) is 60.4 Å². The summed E-state index contributed by atoms with van der Waals surface area (Å²) in [7, 11) is -0.769. The maximum Gasteiger partial charge on any atom is 0.319 e. The van der Waals surface area contributed by atoms with Crippen molar-refractivity contribution in [2.45, 2.75) is 6.42 Å².